The molecule has 1 amide bonds. The van der Waals surface area contributed by atoms with Gasteiger partial charge in [0.05, 0.1) is 12.5 Å². The quantitative estimate of drug-likeness (QED) is 0.684. The number of anilines is 1. The average Bonchev–Trinajstić information content (AvgIpc) is 2.28. The summed E-state index contributed by atoms with van der Waals surface area (Å²) >= 11 is 3.33. The second-order valence-electron chi connectivity index (χ2n) is 3.69. The van der Waals surface area contributed by atoms with E-state index in [4.69, 9.17) is 4.74 Å². The van der Waals surface area contributed by atoms with Crippen molar-refractivity contribution in [2.75, 3.05) is 30.2 Å². The van der Waals surface area contributed by atoms with Crippen molar-refractivity contribution < 1.29 is 9.53 Å². The lowest BCUT2D eigenvalue weighted by Gasteiger charge is -2.04. The van der Waals surface area contributed by atoms with Gasteiger partial charge in [-0.25, -0.2) is 4.79 Å². The van der Waals surface area contributed by atoms with Crippen molar-refractivity contribution in [3.8, 4) is 11.8 Å². The lowest BCUT2D eigenvalue weighted by molar-refractivity contribution is 0.176. The van der Waals surface area contributed by atoms with Crippen molar-refractivity contribution in [1.29, 1.82) is 0 Å². The number of nitrogens with one attached hydrogen (secondary N) is 1. The molecule has 0 aliphatic rings. The molecule has 1 rings (SSSR count). The van der Waals surface area contributed by atoms with E-state index in [1.807, 2.05) is 12.1 Å². The minimum absolute atomic E-state index is 0.122. The third-order valence-corrected chi connectivity index (χ3v) is 3.05. The third kappa shape index (κ3) is 6.58. The standard InChI is InChI=1S/C13H14BrNO2S/c1-18(2)9-4-3-8-17-13(16)15-12-7-5-6-11(14)10-12/h5-7,10H,8-9H2,1-2H3/p+1. The minimum atomic E-state index is -0.491. The molecule has 0 saturated carbocycles. The van der Waals surface area contributed by atoms with Gasteiger partial charge in [0.15, 0.2) is 12.4 Å². The molecule has 0 spiro atoms. The summed E-state index contributed by atoms with van der Waals surface area (Å²) in [5, 5.41) is 2.63. The number of benzene rings is 1. The van der Waals surface area contributed by atoms with Gasteiger partial charge in [0.1, 0.15) is 0 Å². The van der Waals surface area contributed by atoms with Gasteiger partial charge >= 0.3 is 6.09 Å². The van der Waals surface area contributed by atoms with Crippen LogP contribution < -0.4 is 5.32 Å². The third-order valence-electron chi connectivity index (χ3n) is 1.83. The Kier molecular flexibility index (Phi) is 6.69. The van der Waals surface area contributed by atoms with Gasteiger partial charge in [0, 0.05) is 10.2 Å². The first-order valence-corrected chi connectivity index (χ1v) is 8.27. The molecule has 0 heterocycles. The molecule has 0 aliphatic heterocycles. The van der Waals surface area contributed by atoms with Crippen molar-refractivity contribution in [1.82, 2.24) is 0 Å². The zero-order valence-corrected chi connectivity index (χ0v) is 12.7. The van der Waals surface area contributed by atoms with Gasteiger partial charge in [0.2, 0.25) is 0 Å². The molecule has 1 aromatic rings. The second-order valence-corrected chi connectivity index (χ2v) is 6.87. The topological polar surface area (TPSA) is 38.3 Å². The molecular formula is C13H15BrNO2S+. The maximum atomic E-state index is 11.4. The van der Waals surface area contributed by atoms with E-state index in [9.17, 15) is 4.79 Å². The van der Waals surface area contributed by atoms with E-state index in [-0.39, 0.29) is 6.61 Å². The fourth-order valence-corrected chi connectivity index (χ4v) is 1.86. The highest BCUT2D eigenvalue weighted by Crippen LogP contribution is 2.15. The van der Waals surface area contributed by atoms with Crippen LogP contribution in [0.3, 0.4) is 0 Å². The van der Waals surface area contributed by atoms with Gasteiger partial charge < -0.3 is 4.74 Å². The Morgan fingerprint density at radius 1 is 1.44 bits per heavy atom. The van der Waals surface area contributed by atoms with E-state index in [0.717, 1.165) is 10.2 Å². The molecular weight excluding hydrogens is 314 g/mol. The Labute approximate surface area is 119 Å². The molecule has 1 N–H and O–H groups in total. The summed E-state index contributed by atoms with van der Waals surface area (Å²) in [7, 11) is 0.301. The van der Waals surface area contributed by atoms with Crippen LogP contribution in [0.1, 0.15) is 0 Å². The second kappa shape index (κ2) is 8.06. The fourth-order valence-electron chi connectivity index (χ4n) is 1.07. The molecule has 0 unspecified atom stereocenters. The van der Waals surface area contributed by atoms with Crippen LogP contribution in [0.25, 0.3) is 0 Å². The van der Waals surface area contributed by atoms with Crippen molar-refractivity contribution in [2.24, 2.45) is 0 Å². The Hall–Kier alpha value is -1.12. The lowest BCUT2D eigenvalue weighted by atomic mass is 10.3. The summed E-state index contributed by atoms with van der Waals surface area (Å²) in [5.41, 5.74) is 0.686. The SMILES string of the molecule is C[S+](C)CC#CCOC(=O)Nc1cccc(Br)c1. The highest BCUT2D eigenvalue weighted by atomic mass is 79.9. The summed E-state index contributed by atoms with van der Waals surface area (Å²) < 4.78 is 5.83. The van der Waals surface area contributed by atoms with E-state index in [1.165, 1.54) is 0 Å². The number of halogens is 1. The normalized spacial score (nSPS) is 9.56. The maximum absolute atomic E-state index is 11.4. The summed E-state index contributed by atoms with van der Waals surface area (Å²) in [6.45, 7) is 0.122. The number of carbonyl (C=O) groups excluding carboxylic acids is 1. The van der Waals surface area contributed by atoms with E-state index < -0.39 is 6.09 Å². The minimum Gasteiger partial charge on any atom is -0.436 e. The monoisotopic (exact) mass is 328 g/mol. The number of ether oxygens (including phenoxy) is 1. The zero-order valence-electron chi connectivity index (χ0n) is 10.3. The van der Waals surface area contributed by atoms with Crippen molar-refractivity contribution in [2.45, 2.75) is 0 Å². The first-order chi connectivity index (χ1) is 8.58. The van der Waals surface area contributed by atoms with E-state index >= 15 is 0 Å². The fraction of sp³-hybridized carbons (Fsp3) is 0.308. The van der Waals surface area contributed by atoms with Gasteiger partial charge in [0.25, 0.3) is 0 Å². The number of carbonyl (C=O) groups is 1. The van der Waals surface area contributed by atoms with Crippen LogP contribution in [0.15, 0.2) is 28.7 Å². The van der Waals surface area contributed by atoms with Crippen molar-refractivity contribution >= 4 is 38.6 Å². The van der Waals surface area contributed by atoms with E-state index in [2.05, 4.69) is 45.6 Å². The zero-order chi connectivity index (χ0) is 13.4. The number of rotatable bonds is 3. The largest absolute Gasteiger partial charge is 0.436 e. The molecule has 96 valence electrons. The molecule has 3 nitrogen and oxygen atoms in total. The van der Waals surface area contributed by atoms with Gasteiger partial charge in [-0.3, -0.25) is 5.32 Å². The van der Waals surface area contributed by atoms with Crippen LogP contribution in [0, 0.1) is 11.8 Å². The maximum Gasteiger partial charge on any atom is 0.412 e. The Morgan fingerprint density at radius 3 is 2.89 bits per heavy atom. The van der Waals surface area contributed by atoms with Gasteiger partial charge in [-0.1, -0.05) is 27.9 Å². The first kappa shape index (κ1) is 14.9. The highest BCUT2D eigenvalue weighted by Gasteiger charge is 2.02. The molecule has 1 aromatic carbocycles. The van der Waals surface area contributed by atoms with E-state index in [1.54, 1.807) is 12.1 Å². The van der Waals surface area contributed by atoms with Gasteiger partial charge in [-0.2, -0.15) is 0 Å². The molecule has 0 aliphatic carbocycles. The Morgan fingerprint density at radius 2 is 2.22 bits per heavy atom. The number of amides is 1. The average molecular weight is 329 g/mol. The molecule has 0 atom stereocenters. The Balaban J connectivity index is 2.31. The molecule has 0 saturated heterocycles. The van der Waals surface area contributed by atoms with E-state index in [0.29, 0.717) is 16.6 Å². The summed E-state index contributed by atoms with van der Waals surface area (Å²) in [6, 6.07) is 7.31. The molecule has 0 aromatic heterocycles. The summed E-state index contributed by atoms with van der Waals surface area (Å²) in [6.07, 6.45) is 3.75. The first-order valence-electron chi connectivity index (χ1n) is 5.27. The van der Waals surface area contributed by atoms with Crippen molar-refractivity contribution in [3.05, 3.63) is 28.7 Å². The molecule has 0 bridgehead atoms. The summed E-state index contributed by atoms with van der Waals surface area (Å²) in [5.74, 6) is 6.62. The van der Waals surface area contributed by atoms with Crippen LogP contribution >= 0.6 is 15.9 Å². The summed E-state index contributed by atoms with van der Waals surface area (Å²) in [4.78, 5) is 11.4. The van der Waals surface area contributed by atoms with Crippen LogP contribution in [0.5, 0.6) is 0 Å². The van der Waals surface area contributed by atoms with Crippen LogP contribution in [0.2, 0.25) is 0 Å². The smallest absolute Gasteiger partial charge is 0.412 e. The Bertz CT molecular complexity index is 466. The lowest BCUT2D eigenvalue weighted by Crippen LogP contribution is -2.13. The number of hydrogen-bond acceptors (Lipinski definition) is 2. The molecule has 0 radical (unpaired) electrons. The molecule has 5 heteroatoms. The predicted octanol–water partition coefficient (Wildman–Crippen LogP) is 2.88. The highest BCUT2D eigenvalue weighted by molar-refractivity contribution is 9.10. The number of hydrogen-bond donors (Lipinski definition) is 1. The van der Waals surface area contributed by atoms with Crippen LogP contribution in [-0.2, 0) is 15.6 Å². The van der Waals surface area contributed by atoms with Crippen LogP contribution in [0.4, 0.5) is 10.5 Å². The molecule has 0 fully saturated rings. The van der Waals surface area contributed by atoms with Crippen molar-refractivity contribution in [3.63, 3.8) is 0 Å². The predicted molar refractivity (Wildman–Crippen MR) is 81.0 cm³/mol. The van der Waals surface area contributed by atoms with Gasteiger partial charge in [-0.05, 0) is 35.0 Å². The molecule has 18 heavy (non-hydrogen) atoms. The van der Waals surface area contributed by atoms with Crippen LogP contribution in [-0.4, -0.2) is 31.0 Å². The van der Waals surface area contributed by atoms with Gasteiger partial charge in [-0.15, -0.1) is 0 Å².